The second-order valence-electron chi connectivity index (χ2n) is 9.01. The highest BCUT2D eigenvalue weighted by Crippen LogP contribution is 2.43. The Balaban J connectivity index is 1.71. The van der Waals surface area contributed by atoms with E-state index in [0.29, 0.717) is 47.4 Å². The van der Waals surface area contributed by atoms with Gasteiger partial charge in [-0.25, -0.2) is 4.98 Å². The number of aliphatic hydroxyl groups excluding tert-OH is 1. The molecule has 1 aliphatic rings. The van der Waals surface area contributed by atoms with Crippen molar-refractivity contribution in [3.05, 3.63) is 88.8 Å². The monoisotopic (exact) mass is 515 g/mol. The second-order valence-corrected chi connectivity index (χ2v) is 9.01. The van der Waals surface area contributed by atoms with Crippen LogP contribution in [0.2, 0.25) is 0 Å². The number of Topliss-reactive ketones (excluding diaryl/α,β-unsaturated/α-hetero) is 1. The van der Waals surface area contributed by atoms with Gasteiger partial charge in [0.05, 0.1) is 43.3 Å². The van der Waals surface area contributed by atoms with E-state index in [-0.39, 0.29) is 23.6 Å². The lowest BCUT2D eigenvalue weighted by molar-refractivity contribution is -0.140. The molecule has 196 valence electrons. The molecule has 0 bridgehead atoms. The Labute approximate surface area is 219 Å². The number of aliphatic hydroxyl groups is 1. The van der Waals surface area contributed by atoms with Gasteiger partial charge in [0.2, 0.25) is 0 Å². The summed E-state index contributed by atoms with van der Waals surface area (Å²) in [4.78, 5) is 32.9. The molecule has 9 nitrogen and oxygen atoms in total. The number of rotatable bonds is 8. The fourth-order valence-corrected chi connectivity index (χ4v) is 4.87. The van der Waals surface area contributed by atoms with Gasteiger partial charge in [-0.2, -0.15) is 0 Å². The number of benzene rings is 1. The SMILES string of the molecule is CCOc1ccc(C2/C(=C(\O)c3nc4c(C)cccn4c3C)C(=O)C(=O)N2Cc2ccco2)cc1OCC. The van der Waals surface area contributed by atoms with Gasteiger partial charge in [0.25, 0.3) is 11.7 Å². The standard InChI is InChI=1S/C29H29N3O6/c1-5-36-21-12-11-19(15-22(21)37-6-2)25-23(27(34)29(35)32(25)16-20-10-8-14-38-20)26(33)24-18(4)31-13-7-9-17(3)28(31)30-24/h7-15,25,33H,5-6,16H2,1-4H3/b26-23+. The van der Waals surface area contributed by atoms with Crippen molar-refractivity contribution in [3.8, 4) is 11.5 Å². The lowest BCUT2D eigenvalue weighted by Crippen LogP contribution is -2.29. The fraction of sp³-hybridized carbons (Fsp3) is 0.276. The highest BCUT2D eigenvalue weighted by molar-refractivity contribution is 6.46. The van der Waals surface area contributed by atoms with E-state index >= 15 is 0 Å². The van der Waals surface area contributed by atoms with Crippen molar-refractivity contribution in [2.45, 2.75) is 40.3 Å². The number of nitrogens with zero attached hydrogens (tertiary/aromatic N) is 3. The number of ketones is 1. The van der Waals surface area contributed by atoms with Crippen LogP contribution in [0.1, 0.15) is 48.2 Å². The number of carbonyl (C=O) groups excluding carboxylic acids is 2. The molecule has 4 heterocycles. The minimum atomic E-state index is -0.903. The van der Waals surface area contributed by atoms with Crippen LogP contribution >= 0.6 is 0 Å². The van der Waals surface area contributed by atoms with Crippen molar-refractivity contribution in [2.24, 2.45) is 0 Å². The van der Waals surface area contributed by atoms with E-state index in [4.69, 9.17) is 13.9 Å². The van der Waals surface area contributed by atoms with E-state index in [0.717, 1.165) is 5.56 Å². The molecule has 0 aliphatic carbocycles. The number of furan rings is 1. The molecule has 1 unspecified atom stereocenters. The molecule has 0 radical (unpaired) electrons. The topological polar surface area (TPSA) is 107 Å². The van der Waals surface area contributed by atoms with Crippen LogP contribution in [0.5, 0.6) is 11.5 Å². The normalized spacial score (nSPS) is 16.9. The first-order valence-corrected chi connectivity index (χ1v) is 12.5. The van der Waals surface area contributed by atoms with Crippen LogP contribution in [0.3, 0.4) is 0 Å². The third-order valence-electron chi connectivity index (χ3n) is 6.64. The van der Waals surface area contributed by atoms with Gasteiger partial charge in [0, 0.05) is 6.20 Å². The van der Waals surface area contributed by atoms with Crippen LogP contribution in [0.4, 0.5) is 0 Å². The molecule has 9 heteroatoms. The molecule has 38 heavy (non-hydrogen) atoms. The number of fused-ring (bicyclic) bond motifs is 1. The molecule has 1 saturated heterocycles. The predicted octanol–water partition coefficient (Wildman–Crippen LogP) is 4.96. The van der Waals surface area contributed by atoms with Crippen molar-refractivity contribution in [3.63, 3.8) is 0 Å². The number of pyridine rings is 1. The van der Waals surface area contributed by atoms with Gasteiger partial charge in [0.15, 0.2) is 17.3 Å². The molecule has 1 amide bonds. The summed E-state index contributed by atoms with van der Waals surface area (Å²) in [7, 11) is 0. The summed E-state index contributed by atoms with van der Waals surface area (Å²) in [6.07, 6.45) is 3.35. The molecular weight excluding hydrogens is 486 g/mol. The van der Waals surface area contributed by atoms with Gasteiger partial charge in [-0.15, -0.1) is 0 Å². The smallest absolute Gasteiger partial charge is 0.296 e. The zero-order valence-electron chi connectivity index (χ0n) is 21.7. The molecule has 5 rings (SSSR count). The van der Waals surface area contributed by atoms with Crippen molar-refractivity contribution in [2.75, 3.05) is 13.2 Å². The van der Waals surface area contributed by atoms with Crippen LogP contribution in [0.25, 0.3) is 11.4 Å². The molecule has 4 aromatic rings. The Hall–Kier alpha value is -4.53. The Bertz CT molecular complexity index is 1550. The summed E-state index contributed by atoms with van der Waals surface area (Å²) in [5.74, 6) is -0.325. The Morgan fingerprint density at radius 2 is 1.82 bits per heavy atom. The number of aryl methyl sites for hydroxylation is 2. The van der Waals surface area contributed by atoms with Crippen LogP contribution < -0.4 is 9.47 Å². The van der Waals surface area contributed by atoms with Gasteiger partial charge in [-0.05, 0) is 69.2 Å². The second kappa shape index (κ2) is 10.1. The van der Waals surface area contributed by atoms with Crippen LogP contribution in [0.15, 0.2) is 64.9 Å². The van der Waals surface area contributed by atoms with Crippen molar-refractivity contribution in [1.29, 1.82) is 0 Å². The summed E-state index contributed by atoms with van der Waals surface area (Å²) in [5.41, 5.74) is 3.01. The van der Waals surface area contributed by atoms with E-state index in [2.05, 4.69) is 4.98 Å². The third kappa shape index (κ3) is 4.19. The van der Waals surface area contributed by atoms with Crippen LogP contribution in [-0.2, 0) is 16.1 Å². The molecule has 1 aromatic carbocycles. The van der Waals surface area contributed by atoms with Crippen molar-refractivity contribution >= 4 is 23.1 Å². The molecule has 0 saturated carbocycles. The minimum Gasteiger partial charge on any atom is -0.505 e. The number of imidazole rings is 1. The molecule has 0 spiro atoms. The highest BCUT2D eigenvalue weighted by atomic mass is 16.5. The summed E-state index contributed by atoms with van der Waals surface area (Å²) in [5, 5.41) is 11.6. The minimum absolute atomic E-state index is 0.0411. The van der Waals surface area contributed by atoms with E-state index in [9.17, 15) is 14.7 Å². The quantitative estimate of drug-likeness (QED) is 0.201. The van der Waals surface area contributed by atoms with Gasteiger partial charge in [-0.1, -0.05) is 12.1 Å². The summed E-state index contributed by atoms with van der Waals surface area (Å²) >= 11 is 0. The van der Waals surface area contributed by atoms with Crippen molar-refractivity contribution in [1.82, 2.24) is 14.3 Å². The third-order valence-corrected chi connectivity index (χ3v) is 6.64. The lowest BCUT2D eigenvalue weighted by atomic mass is 9.96. The number of hydrogen-bond donors (Lipinski definition) is 1. The Morgan fingerprint density at radius 3 is 2.50 bits per heavy atom. The van der Waals surface area contributed by atoms with Gasteiger partial charge < -0.3 is 28.3 Å². The van der Waals surface area contributed by atoms with E-state index < -0.39 is 17.7 Å². The van der Waals surface area contributed by atoms with Crippen LogP contribution in [-0.4, -0.2) is 44.3 Å². The van der Waals surface area contributed by atoms with Crippen molar-refractivity contribution < 1.29 is 28.6 Å². The zero-order valence-corrected chi connectivity index (χ0v) is 21.7. The average Bonchev–Trinajstić information content (AvgIpc) is 3.60. The largest absolute Gasteiger partial charge is 0.505 e. The maximum Gasteiger partial charge on any atom is 0.296 e. The lowest BCUT2D eigenvalue weighted by Gasteiger charge is -2.25. The summed E-state index contributed by atoms with van der Waals surface area (Å²) in [6.45, 7) is 8.36. The Morgan fingerprint density at radius 1 is 1.05 bits per heavy atom. The van der Waals surface area contributed by atoms with E-state index in [1.165, 1.54) is 11.2 Å². The van der Waals surface area contributed by atoms with E-state index in [1.807, 2.05) is 50.4 Å². The molecule has 1 fully saturated rings. The molecule has 1 aliphatic heterocycles. The average molecular weight is 516 g/mol. The summed E-state index contributed by atoms with van der Waals surface area (Å²) < 4.78 is 18.8. The first-order valence-electron chi connectivity index (χ1n) is 12.5. The maximum absolute atomic E-state index is 13.5. The number of carbonyl (C=O) groups is 2. The Kier molecular flexibility index (Phi) is 6.67. The predicted molar refractivity (Wildman–Crippen MR) is 140 cm³/mol. The highest BCUT2D eigenvalue weighted by Gasteiger charge is 2.47. The fourth-order valence-electron chi connectivity index (χ4n) is 4.87. The number of likely N-dealkylation sites (tertiary alicyclic amines) is 1. The maximum atomic E-state index is 13.5. The van der Waals surface area contributed by atoms with Crippen LogP contribution in [0, 0.1) is 13.8 Å². The molecular formula is C29H29N3O6. The number of ether oxygens (including phenoxy) is 2. The molecule has 3 aromatic heterocycles. The number of amides is 1. The van der Waals surface area contributed by atoms with Gasteiger partial charge >= 0.3 is 0 Å². The first kappa shape index (κ1) is 25.1. The summed E-state index contributed by atoms with van der Waals surface area (Å²) in [6, 6.07) is 11.6. The van der Waals surface area contributed by atoms with Gasteiger partial charge in [-0.3, -0.25) is 9.59 Å². The molecule has 1 atom stereocenters. The molecule has 1 N–H and O–H groups in total. The zero-order chi connectivity index (χ0) is 27.0. The van der Waals surface area contributed by atoms with E-state index in [1.54, 1.807) is 30.3 Å². The first-order chi connectivity index (χ1) is 18.3. The number of hydrogen-bond acceptors (Lipinski definition) is 7. The van der Waals surface area contributed by atoms with Gasteiger partial charge in [0.1, 0.15) is 17.1 Å². The number of aromatic nitrogens is 2.